The van der Waals surface area contributed by atoms with E-state index in [1.54, 1.807) is 48.5 Å². The number of hydrogen-bond acceptors (Lipinski definition) is 4. The van der Waals surface area contributed by atoms with Crippen LogP contribution >= 0.6 is 0 Å². The predicted octanol–water partition coefficient (Wildman–Crippen LogP) is 5.15. The minimum absolute atomic E-state index is 0.00285. The SMILES string of the molecule is O=S(=O)(Cc1ccccc1)N(c1ccccc1)c1ccc(OCC2CO2)c(C(F)(F)F)c1. The van der Waals surface area contributed by atoms with Crippen molar-refractivity contribution in [3.8, 4) is 5.75 Å². The summed E-state index contributed by atoms with van der Waals surface area (Å²) in [5, 5.41) is 0. The summed E-state index contributed by atoms with van der Waals surface area (Å²) in [5.41, 5.74) is -0.425. The molecule has 4 rings (SSSR count). The van der Waals surface area contributed by atoms with Gasteiger partial charge in [-0.25, -0.2) is 12.7 Å². The van der Waals surface area contributed by atoms with Crippen molar-refractivity contribution in [3.63, 3.8) is 0 Å². The van der Waals surface area contributed by atoms with Crippen molar-refractivity contribution >= 4 is 21.4 Å². The van der Waals surface area contributed by atoms with Gasteiger partial charge >= 0.3 is 6.18 Å². The zero-order valence-electron chi connectivity index (χ0n) is 16.8. The first-order chi connectivity index (χ1) is 15.2. The lowest BCUT2D eigenvalue weighted by Gasteiger charge is -2.26. The lowest BCUT2D eigenvalue weighted by molar-refractivity contribution is -0.138. The van der Waals surface area contributed by atoms with E-state index in [4.69, 9.17) is 9.47 Å². The molecule has 1 heterocycles. The van der Waals surface area contributed by atoms with Gasteiger partial charge in [0, 0.05) is 0 Å². The Kier molecular flexibility index (Phi) is 6.12. The molecule has 3 aromatic rings. The molecule has 1 unspecified atom stereocenters. The highest BCUT2D eigenvalue weighted by Gasteiger charge is 2.37. The maximum Gasteiger partial charge on any atom is 0.420 e. The smallest absolute Gasteiger partial charge is 0.420 e. The monoisotopic (exact) mass is 463 g/mol. The Morgan fingerprint density at radius 1 is 0.938 bits per heavy atom. The van der Waals surface area contributed by atoms with E-state index in [-0.39, 0.29) is 35.6 Å². The van der Waals surface area contributed by atoms with Crippen LogP contribution in [0.4, 0.5) is 24.5 Å². The molecule has 5 nitrogen and oxygen atoms in total. The summed E-state index contributed by atoms with van der Waals surface area (Å²) < 4.78 is 79.3. The molecule has 1 atom stereocenters. The largest absolute Gasteiger partial charge is 0.490 e. The summed E-state index contributed by atoms with van der Waals surface area (Å²) in [6, 6.07) is 19.7. The van der Waals surface area contributed by atoms with Crippen LogP contribution in [0.25, 0.3) is 0 Å². The van der Waals surface area contributed by atoms with Gasteiger partial charge in [0.15, 0.2) is 0 Å². The van der Waals surface area contributed by atoms with E-state index in [1.807, 2.05) is 0 Å². The number of anilines is 2. The Morgan fingerprint density at radius 2 is 1.56 bits per heavy atom. The molecule has 168 valence electrons. The van der Waals surface area contributed by atoms with E-state index in [0.717, 1.165) is 16.4 Å². The van der Waals surface area contributed by atoms with Gasteiger partial charge in [-0.1, -0.05) is 48.5 Å². The highest BCUT2D eigenvalue weighted by Crippen LogP contribution is 2.41. The van der Waals surface area contributed by atoms with Crippen LogP contribution < -0.4 is 9.04 Å². The fourth-order valence-electron chi connectivity index (χ4n) is 3.22. The first kappa shape index (κ1) is 22.2. The predicted molar refractivity (Wildman–Crippen MR) is 114 cm³/mol. The molecule has 0 aliphatic carbocycles. The van der Waals surface area contributed by atoms with Gasteiger partial charge in [0.2, 0.25) is 10.0 Å². The highest BCUT2D eigenvalue weighted by atomic mass is 32.2. The molecule has 0 amide bonds. The van der Waals surface area contributed by atoms with Gasteiger partial charge in [-0.15, -0.1) is 0 Å². The molecule has 0 radical (unpaired) electrons. The van der Waals surface area contributed by atoms with Crippen molar-refractivity contribution in [1.29, 1.82) is 0 Å². The maximum absolute atomic E-state index is 13.8. The molecule has 0 saturated carbocycles. The van der Waals surface area contributed by atoms with E-state index < -0.39 is 21.8 Å². The number of rotatable bonds is 8. The summed E-state index contributed by atoms with van der Waals surface area (Å²) in [5.74, 6) is -0.744. The quantitative estimate of drug-likeness (QED) is 0.434. The summed E-state index contributed by atoms with van der Waals surface area (Å²) in [7, 11) is -4.07. The Balaban J connectivity index is 1.77. The van der Waals surface area contributed by atoms with Gasteiger partial charge in [-0.05, 0) is 35.9 Å². The first-order valence-electron chi connectivity index (χ1n) is 9.82. The van der Waals surface area contributed by atoms with Crippen molar-refractivity contribution in [2.75, 3.05) is 17.5 Å². The lowest BCUT2D eigenvalue weighted by atomic mass is 10.1. The second kappa shape index (κ2) is 8.84. The molecule has 0 spiro atoms. The molecule has 9 heteroatoms. The number of nitrogens with zero attached hydrogens (tertiary/aromatic N) is 1. The minimum atomic E-state index is -4.73. The Hall–Kier alpha value is -3.04. The van der Waals surface area contributed by atoms with Gasteiger partial charge < -0.3 is 9.47 Å². The first-order valence-corrected chi connectivity index (χ1v) is 11.4. The Bertz CT molecular complexity index is 1160. The molecule has 0 aromatic heterocycles. The van der Waals surface area contributed by atoms with Gasteiger partial charge in [-0.2, -0.15) is 13.2 Å². The van der Waals surface area contributed by atoms with Gasteiger partial charge in [0.05, 0.1) is 29.3 Å². The van der Waals surface area contributed by atoms with E-state index >= 15 is 0 Å². The zero-order chi connectivity index (χ0) is 22.8. The Morgan fingerprint density at radius 3 is 2.16 bits per heavy atom. The standard InChI is InChI=1S/C23H20F3NO4S/c24-23(25,26)21-13-19(11-12-22(21)31-15-20-14-30-20)27(18-9-5-2-6-10-18)32(28,29)16-17-7-3-1-4-8-17/h1-13,20H,14-16H2. The van der Waals surface area contributed by atoms with Gasteiger partial charge in [-0.3, -0.25) is 0 Å². The molecule has 1 aliphatic heterocycles. The fourth-order valence-corrected chi connectivity index (χ4v) is 4.84. The number of benzene rings is 3. The molecular formula is C23H20F3NO4S. The Labute approximate surface area is 184 Å². The van der Waals surface area contributed by atoms with E-state index in [9.17, 15) is 21.6 Å². The van der Waals surface area contributed by atoms with Gasteiger partial charge in [0.25, 0.3) is 0 Å². The summed E-state index contributed by atoms with van der Waals surface area (Å²) in [4.78, 5) is 0. The fraction of sp³-hybridized carbons (Fsp3) is 0.217. The van der Waals surface area contributed by atoms with Crippen molar-refractivity contribution in [2.45, 2.75) is 18.0 Å². The third kappa shape index (κ3) is 5.23. The zero-order valence-corrected chi connectivity index (χ0v) is 17.6. The van der Waals surface area contributed by atoms with Crippen molar-refractivity contribution in [2.24, 2.45) is 0 Å². The molecule has 1 aliphatic rings. The summed E-state index contributed by atoms with van der Waals surface area (Å²) in [6.45, 7) is 0.441. The number of sulfonamides is 1. The number of halogens is 3. The summed E-state index contributed by atoms with van der Waals surface area (Å²) >= 11 is 0. The lowest BCUT2D eigenvalue weighted by Crippen LogP contribution is -2.28. The number of hydrogen-bond donors (Lipinski definition) is 0. The number of alkyl halides is 3. The van der Waals surface area contributed by atoms with Crippen LogP contribution in [0.15, 0.2) is 78.9 Å². The van der Waals surface area contributed by atoms with Crippen LogP contribution in [0.3, 0.4) is 0 Å². The molecule has 1 saturated heterocycles. The number of ether oxygens (including phenoxy) is 2. The molecule has 0 N–H and O–H groups in total. The van der Waals surface area contributed by atoms with Crippen molar-refractivity contribution in [1.82, 2.24) is 0 Å². The van der Waals surface area contributed by atoms with Crippen LogP contribution in [0.5, 0.6) is 5.75 Å². The second-order valence-corrected chi connectivity index (χ2v) is 9.10. The maximum atomic E-state index is 13.8. The van der Waals surface area contributed by atoms with Crippen molar-refractivity contribution in [3.05, 3.63) is 90.0 Å². The number of epoxide rings is 1. The second-order valence-electron chi connectivity index (χ2n) is 7.29. The van der Waals surface area contributed by atoms with Crippen LogP contribution in [0.1, 0.15) is 11.1 Å². The van der Waals surface area contributed by atoms with Gasteiger partial charge in [0.1, 0.15) is 18.5 Å². The third-order valence-corrected chi connectivity index (χ3v) is 6.47. The average molecular weight is 463 g/mol. The molecule has 1 fully saturated rings. The van der Waals surface area contributed by atoms with Crippen molar-refractivity contribution < 1.29 is 31.1 Å². The van der Waals surface area contributed by atoms with E-state index in [1.165, 1.54) is 18.2 Å². The van der Waals surface area contributed by atoms with Crippen LogP contribution in [-0.2, 0) is 26.7 Å². The van der Waals surface area contributed by atoms with Crippen LogP contribution in [-0.4, -0.2) is 27.7 Å². The molecule has 3 aromatic carbocycles. The third-order valence-electron chi connectivity index (χ3n) is 4.79. The minimum Gasteiger partial charge on any atom is -0.490 e. The summed E-state index contributed by atoms with van der Waals surface area (Å²) in [6.07, 6.45) is -4.95. The highest BCUT2D eigenvalue weighted by molar-refractivity contribution is 7.92. The average Bonchev–Trinajstić information content (AvgIpc) is 3.58. The van der Waals surface area contributed by atoms with E-state index in [0.29, 0.717) is 12.2 Å². The molecule has 32 heavy (non-hydrogen) atoms. The molecular weight excluding hydrogens is 443 g/mol. The molecule has 0 bridgehead atoms. The normalized spacial score (nSPS) is 15.9. The van der Waals surface area contributed by atoms with Crippen LogP contribution in [0.2, 0.25) is 0 Å². The topological polar surface area (TPSA) is 59.1 Å². The van der Waals surface area contributed by atoms with E-state index in [2.05, 4.69) is 0 Å². The van der Waals surface area contributed by atoms with Crippen LogP contribution in [0, 0.1) is 0 Å². The number of para-hydroxylation sites is 1.